The number of carbonyl (C=O) groups excluding carboxylic acids is 1. The smallest absolute Gasteiger partial charge is 0.326 e. The predicted molar refractivity (Wildman–Crippen MR) is 82.2 cm³/mol. The lowest BCUT2D eigenvalue weighted by Gasteiger charge is -2.15. The molecule has 1 unspecified atom stereocenters. The third-order valence-corrected chi connectivity index (χ3v) is 3.20. The summed E-state index contributed by atoms with van der Waals surface area (Å²) in [6, 6.07) is 7.93. The van der Waals surface area contributed by atoms with Crippen molar-refractivity contribution in [3.63, 3.8) is 0 Å². The number of hydrogen-bond acceptors (Lipinski definition) is 2. The molecule has 3 N–H and O–H groups in total. The Hall–Kier alpha value is -2.04. The Bertz CT molecular complexity index is 434. The Kier molecular flexibility index (Phi) is 7.94. The molecule has 0 fully saturated rings. The maximum absolute atomic E-state index is 11.7. The summed E-state index contributed by atoms with van der Waals surface area (Å²) in [5.41, 5.74) is 0.883. The summed E-state index contributed by atoms with van der Waals surface area (Å²) >= 11 is 0. The molecule has 0 aliphatic rings. The first-order valence-corrected chi connectivity index (χ1v) is 7.44. The Morgan fingerprint density at radius 3 is 2.48 bits per heavy atom. The molecule has 1 rings (SSSR count). The summed E-state index contributed by atoms with van der Waals surface area (Å²) in [5, 5.41) is 14.4. The SMILES string of the molecule is CCCCCCNC(=O)NC(Cc1ccccc1)C(=O)O. The first-order chi connectivity index (χ1) is 10.1. The standard InChI is InChI=1S/C16H24N2O3/c1-2-3-4-8-11-17-16(21)18-14(15(19)20)12-13-9-6-5-7-10-13/h5-7,9-10,14H,2-4,8,11-12H2,1H3,(H,19,20)(H2,17,18,21). The van der Waals surface area contributed by atoms with E-state index in [0.717, 1.165) is 31.2 Å². The molecule has 0 spiro atoms. The van der Waals surface area contributed by atoms with Crippen LogP contribution < -0.4 is 10.6 Å². The van der Waals surface area contributed by atoms with Crippen molar-refractivity contribution in [2.24, 2.45) is 0 Å². The molecule has 116 valence electrons. The first-order valence-electron chi connectivity index (χ1n) is 7.44. The van der Waals surface area contributed by atoms with E-state index in [1.165, 1.54) is 0 Å². The van der Waals surface area contributed by atoms with Gasteiger partial charge in [0.05, 0.1) is 0 Å². The van der Waals surface area contributed by atoms with Crippen molar-refractivity contribution >= 4 is 12.0 Å². The van der Waals surface area contributed by atoms with Crippen LogP contribution in [0.1, 0.15) is 38.2 Å². The lowest BCUT2D eigenvalue weighted by Crippen LogP contribution is -2.47. The van der Waals surface area contributed by atoms with Gasteiger partial charge in [-0.1, -0.05) is 56.5 Å². The van der Waals surface area contributed by atoms with E-state index in [4.69, 9.17) is 0 Å². The number of hydrogen-bond donors (Lipinski definition) is 3. The van der Waals surface area contributed by atoms with Crippen LogP contribution >= 0.6 is 0 Å². The largest absolute Gasteiger partial charge is 0.480 e. The van der Waals surface area contributed by atoms with Crippen LogP contribution in [-0.2, 0) is 11.2 Å². The second-order valence-corrected chi connectivity index (χ2v) is 5.04. The van der Waals surface area contributed by atoms with Gasteiger partial charge in [-0.05, 0) is 12.0 Å². The van der Waals surface area contributed by atoms with Gasteiger partial charge in [0, 0.05) is 13.0 Å². The third-order valence-electron chi connectivity index (χ3n) is 3.20. The lowest BCUT2D eigenvalue weighted by atomic mass is 10.1. The molecule has 0 aliphatic heterocycles. The van der Waals surface area contributed by atoms with E-state index < -0.39 is 18.0 Å². The zero-order chi connectivity index (χ0) is 15.5. The molecular weight excluding hydrogens is 268 g/mol. The third kappa shape index (κ3) is 7.34. The Morgan fingerprint density at radius 1 is 1.14 bits per heavy atom. The number of urea groups is 1. The summed E-state index contributed by atoms with van der Waals surface area (Å²) in [6.07, 6.45) is 4.56. The highest BCUT2D eigenvalue weighted by atomic mass is 16.4. The van der Waals surface area contributed by atoms with Gasteiger partial charge >= 0.3 is 12.0 Å². The monoisotopic (exact) mass is 292 g/mol. The van der Waals surface area contributed by atoms with Gasteiger partial charge in [-0.2, -0.15) is 0 Å². The Morgan fingerprint density at radius 2 is 1.86 bits per heavy atom. The number of nitrogens with one attached hydrogen (secondary N) is 2. The van der Waals surface area contributed by atoms with E-state index in [0.29, 0.717) is 6.54 Å². The van der Waals surface area contributed by atoms with Crippen molar-refractivity contribution in [1.29, 1.82) is 0 Å². The van der Waals surface area contributed by atoms with Crippen LogP contribution in [-0.4, -0.2) is 29.7 Å². The number of aliphatic carboxylic acids is 1. The minimum atomic E-state index is -1.03. The summed E-state index contributed by atoms with van der Waals surface area (Å²) in [7, 11) is 0. The van der Waals surface area contributed by atoms with Crippen LogP contribution in [0.3, 0.4) is 0 Å². The number of carboxylic acid groups (broad SMARTS) is 1. The first kappa shape index (κ1) is 17.0. The van der Waals surface area contributed by atoms with Crippen LogP contribution in [0.4, 0.5) is 4.79 Å². The molecule has 1 aromatic carbocycles. The van der Waals surface area contributed by atoms with Gasteiger partial charge in [-0.3, -0.25) is 0 Å². The molecule has 0 saturated carbocycles. The normalized spacial score (nSPS) is 11.7. The second kappa shape index (κ2) is 9.80. The van der Waals surface area contributed by atoms with Gasteiger partial charge < -0.3 is 15.7 Å². The minimum absolute atomic E-state index is 0.277. The van der Waals surface area contributed by atoms with Crippen LogP contribution in [0.5, 0.6) is 0 Å². The number of rotatable bonds is 9. The van der Waals surface area contributed by atoms with Crippen LogP contribution in [0.2, 0.25) is 0 Å². The van der Waals surface area contributed by atoms with Crippen LogP contribution in [0.15, 0.2) is 30.3 Å². The van der Waals surface area contributed by atoms with E-state index in [1.54, 1.807) is 0 Å². The molecule has 0 heterocycles. The fraction of sp³-hybridized carbons (Fsp3) is 0.500. The van der Waals surface area contributed by atoms with Crippen molar-refractivity contribution in [1.82, 2.24) is 10.6 Å². The number of carbonyl (C=O) groups is 2. The van der Waals surface area contributed by atoms with Crippen LogP contribution in [0, 0.1) is 0 Å². The highest BCUT2D eigenvalue weighted by Crippen LogP contribution is 2.03. The Balaban J connectivity index is 2.36. The van der Waals surface area contributed by atoms with E-state index in [-0.39, 0.29) is 6.42 Å². The van der Waals surface area contributed by atoms with Crippen LogP contribution in [0.25, 0.3) is 0 Å². The van der Waals surface area contributed by atoms with E-state index >= 15 is 0 Å². The molecule has 5 nitrogen and oxygen atoms in total. The van der Waals surface area contributed by atoms with Gasteiger partial charge in [-0.15, -0.1) is 0 Å². The van der Waals surface area contributed by atoms with Gasteiger partial charge in [-0.25, -0.2) is 9.59 Å². The molecule has 0 bridgehead atoms. The summed E-state index contributed by atoms with van der Waals surface area (Å²) in [5.74, 6) is -1.03. The molecule has 0 radical (unpaired) electrons. The molecule has 1 atom stereocenters. The highest BCUT2D eigenvalue weighted by Gasteiger charge is 2.19. The van der Waals surface area contributed by atoms with Gasteiger partial charge in [0.15, 0.2) is 0 Å². The molecular formula is C16H24N2O3. The van der Waals surface area contributed by atoms with Crippen molar-refractivity contribution in [2.45, 2.75) is 45.1 Å². The van der Waals surface area contributed by atoms with E-state index in [9.17, 15) is 14.7 Å². The number of carboxylic acids is 1. The molecule has 0 aliphatic carbocycles. The second-order valence-electron chi connectivity index (χ2n) is 5.04. The van der Waals surface area contributed by atoms with Crippen molar-refractivity contribution < 1.29 is 14.7 Å². The number of amides is 2. The van der Waals surface area contributed by atoms with Gasteiger partial charge in [0.1, 0.15) is 6.04 Å². The lowest BCUT2D eigenvalue weighted by molar-refractivity contribution is -0.139. The summed E-state index contributed by atoms with van der Waals surface area (Å²) in [4.78, 5) is 22.9. The zero-order valence-corrected chi connectivity index (χ0v) is 12.5. The zero-order valence-electron chi connectivity index (χ0n) is 12.5. The quantitative estimate of drug-likeness (QED) is 0.612. The van der Waals surface area contributed by atoms with E-state index in [2.05, 4.69) is 17.6 Å². The maximum Gasteiger partial charge on any atom is 0.326 e. The fourth-order valence-corrected chi connectivity index (χ4v) is 2.01. The van der Waals surface area contributed by atoms with Crippen molar-refractivity contribution in [3.8, 4) is 0 Å². The predicted octanol–water partition coefficient (Wildman–Crippen LogP) is 2.56. The minimum Gasteiger partial charge on any atom is -0.480 e. The average Bonchev–Trinajstić information content (AvgIpc) is 2.47. The maximum atomic E-state index is 11.7. The topological polar surface area (TPSA) is 78.4 Å². The molecule has 0 saturated heterocycles. The van der Waals surface area contributed by atoms with Crippen molar-refractivity contribution in [3.05, 3.63) is 35.9 Å². The number of benzene rings is 1. The van der Waals surface area contributed by atoms with E-state index in [1.807, 2.05) is 30.3 Å². The molecule has 1 aromatic rings. The van der Waals surface area contributed by atoms with Crippen molar-refractivity contribution in [2.75, 3.05) is 6.54 Å². The number of unbranched alkanes of at least 4 members (excludes halogenated alkanes) is 3. The van der Waals surface area contributed by atoms with Gasteiger partial charge in [0.2, 0.25) is 0 Å². The summed E-state index contributed by atoms with van der Waals surface area (Å²) < 4.78 is 0. The average molecular weight is 292 g/mol. The highest BCUT2D eigenvalue weighted by molar-refractivity contribution is 5.82. The summed E-state index contributed by atoms with van der Waals surface area (Å²) in [6.45, 7) is 2.70. The molecule has 21 heavy (non-hydrogen) atoms. The molecule has 5 heteroatoms. The Labute approximate surface area is 125 Å². The molecule has 0 aromatic heterocycles. The fourth-order valence-electron chi connectivity index (χ4n) is 2.01. The van der Waals surface area contributed by atoms with Gasteiger partial charge in [0.25, 0.3) is 0 Å². The molecule has 2 amide bonds.